The van der Waals surface area contributed by atoms with Crippen molar-refractivity contribution in [2.75, 3.05) is 27.2 Å². The van der Waals surface area contributed by atoms with Gasteiger partial charge in [0.05, 0.1) is 0 Å². The van der Waals surface area contributed by atoms with Crippen LogP contribution < -0.4 is 11.1 Å². The molecule has 1 atom stereocenters. The van der Waals surface area contributed by atoms with Gasteiger partial charge in [-0.15, -0.1) is 0 Å². The molecule has 0 heterocycles. The van der Waals surface area contributed by atoms with Gasteiger partial charge in [-0.25, -0.2) is 0 Å². The smallest absolute Gasteiger partial charge is 0.239 e. The van der Waals surface area contributed by atoms with E-state index in [0.29, 0.717) is 11.6 Å². The molecular weight excluding hydrogens is 250 g/mol. The first-order valence-electron chi connectivity index (χ1n) is 5.85. The molecule has 0 fully saturated rings. The van der Waals surface area contributed by atoms with Crippen LogP contribution in [0.2, 0.25) is 5.02 Å². The molecule has 18 heavy (non-hydrogen) atoms. The number of aryl methyl sites for hydroxylation is 1. The van der Waals surface area contributed by atoms with Crippen molar-refractivity contribution in [3.05, 3.63) is 34.3 Å². The van der Waals surface area contributed by atoms with Crippen LogP contribution in [0.4, 0.5) is 0 Å². The Morgan fingerprint density at radius 1 is 1.50 bits per heavy atom. The number of hydrogen-bond donors (Lipinski definition) is 2. The van der Waals surface area contributed by atoms with Crippen molar-refractivity contribution >= 4 is 17.5 Å². The highest BCUT2D eigenvalue weighted by Crippen LogP contribution is 2.21. The summed E-state index contributed by atoms with van der Waals surface area (Å²) in [6, 6.07) is 4.98. The number of nitrogens with zero attached hydrogens (tertiary/aromatic N) is 1. The van der Waals surface area contributed by atoms with Gasteiger partial charge in [0.1, 0.15) is 6.04 Å². The fraction of sp³-hybridized carbons (Fsp3) is 0.462. The Bertz CT molecular complexity index is 421. The molecule has 1 aromatic carbocycles. The molecule has 0 saturated carbocycles. The first-order chi connectivity index (χ1) is 8.41. The van der Waals surface area contributed by atoms with Crippen molar-refractivity contribution in [1.82, 2.24) is 10.2 Å². The molecule has 0 bridgehead atoms. The van der Waals surface area contributed by atoms with E-state index in [9.17, 15) is 4.79 Å². The summed E-state index contributed by atoms with van der Waals surface area (Å²) < 4.78 is 0. The van der Waals surface area contributed by atoms with Gasteiger partial charge in [-0.1, -0.05) is 17.7 Å². The summed E-state index contributed by atoms with van der Waals surface area (Å²) in [5, 5.41) is 3.83. The van der Waals surface area contributed by atoms with E-state index in [2.05, 4.69) is 5.32 Å². The molecule has 5 heteroatoms. The van der Waals surface area contributed by atoms with E-state index in [1.165, 1.54) is 0 Å². The SMILES string of the molecule is Cc1cc(Cl)ccc1C(NCCN(C)C)C(N)=O. The fourth-order valence-electron chi connectivity index (χ4n) is 1.76. The predicted octanol–water partition coefficient (Wildman–Crippen LogP) is 1.33. The third kappa shape index (κ3) is 4.29. The molecule has 3 N–H and O–H groups in total. The second-order valence-corrected chi connectivity index (χ2v) is 5.03. The number of halogens is 1. The first-order valence-corrected chi connectivity index (χ1v) is 6.23. The monoisotopic (exact) mass is 269 g/mol. The quantitative estimate of drug-likeness (QED) is 0.819. The Morgan fingerprint density at radius 3 is 2.67 bits per heavy atom. The zero-order valence-corrected chi connectivity index (χ0v) is 11.8. The number of hydrogen-bond acceptors (Lipinski definition) is 3. The summed E-state index contributed by atoms with van der Waals surface area (Å²) in [6.07, 6.45) is 0. The standard InChI is InChI=1S/C13H20ClN3O/c1-9-8-10(14)4-5-11(9)12(13(15)18)16-6-7-17(2)3/h4-5,8,12,16H,6-7H2,1-3H3,(H2,15,18). The van der Waals surface area contributed by atoms with E-state index in [0.717, 1.165) is 17.7 Å². The van der Waals surface area contributed by atoms with Crippen LogP contribution in [0.5, 0.6) is 0 Å². The molecular formula is C13H20ClN3O. The van der Waals surface area contributed by atoms with Gasteiger partial charge in [0.2, 0.25) is 5.91 Å². The number of primary amides is 1. The molecule has 0 radical (unpaired) electrons. The largest absolute Gasteiger partial charge is 0.368 e. The van der Waals surface area contributed by atoms with Crippen LogP contribution in [0.15, 0.2) is 18.2 Å². The number of carbonyl (C=O) groups excluding carboxylic acids is 1. The molecule has 1 aromatic rings. The maximum absolute atomic E-state index is 11.5. The zero-order chi connectivity index (χ0) is 13.7. The second-order valence-electron chi connectivity index (χ2n) is 4.59. The molecule has 0 aliphatic rings. The van der Waals surface area contributed by atoms with Crippen LogP contribution in [0.1, 0.15) is 17.2 Å². The Morgan fingerprint density at radius 2 is 2.17 bits per heavy atom. The first kappa shape index (κ1) is 15.0. The number of nitrogens with two attached hydrogens (primary N) is 1. The molecule has 1 amide bonds. The second kappa shape index (κ2) is 6.73. The molecule has 1 unspecified atom stereocenters. The summed E-state index contributed by atoms with van der Waals surface area (Å²) in [4.78, 5) is 13.6. The van der Waals surface area contributed by atoms with E-state index in [-0.39, 0.29) is 5.91 Å². The van der Waals surface area contributed by atoms with E-state index in [1.807, 2.05) is 38.1 Å². The van der Waals surface area contributed by atoms with Gasteiger partial charge in [0.25, 0.3) is 0 Å². The van der Waals surface area contributed by atoms with Gasteiger partial charge in [-0.2, -0.15) is 0 Å². The molecule has 1 rings (SSSR count). The summed E-state index contributed by atoms with van der Waals surface area (Å²) in [5.74, 6) is -0.376. The van der Waals surface area contributed by atoms with Crippen molar-refractivity contribution in [2.24, 2.45) is 5.73 Å². The van der Waals surface area contributed by atoms with Gasteiger partial charge in [0, 0.05) is 18.1 Å². The molecule has 0 aliphatic heterocycles. The van der Waals surface area contributed by atoms with Crippen LogP contribution in [0.3, 0.4) is 0 Å². The Hall–Kier alpha value is -1.10. The molecule has 4 nitrogen and oxygen atoms in total. The van der Waals surface area contributed by atoms with Crippen LogP contribution in [0, 0.1) is 6.92 Å². The summed E-state index contributed by atoms with van der Waals surface area (Å²) in [6.45, 7) is 3.46. The van der Waals surface area contributed by atoms with Crippen molar-refractivity contribution in [2.45, 2.75) is 13.0 Å². The maximum Gasteiger partial charge on any atom is 0.239 e. The fourth-order valence-corrected chi connectivity index (χ4v) is 1.99. The van der Waals surface area contributed by atoms with Crippen molar-refractivity contribution in [3.63, 3.8) is 0 Å². The lowest BCUT2D eigenvalue weighted by Crippen LogP contribution is -2.37. The highest BCUT2D eigenvalue weighted by atomic mass is 35.5. The van der Waals surface area contributed by atoms with Gasteiger partial charge >= 0.3 is 0 Å². The Balaban J connectivity index is 2.81. The van der Waals surface area contributed by atoms with E-state index >= 15 is 0 Å². The van der Waals surface area contributed by atoms with Crippen LogP contribution in [-0.2, 0) is 4.79 Å². The molecule has 0 aliphatic carbocycles. The van der Waals surface area contributed by atoms with Crippen LogP contribution in [0.25, 0.3) is 0 Å². The van der Waals surface area contributed by atoms with Crippen molar-refractivity contribution < 1.29 is 4.79 Å². The highest BCUT2D eigenvalue weighted by Gasteiger charge is 2.18. The predicted molar refractivity (Wildman–Crippen MR) is 74.7 cm³/mol. The average molecular weight is 270 g/mol. The van der Waals surface area contributed by atoms with Gasteiger partial charge in [-0.05, 0) is 44.3 Å². The highest BCUT2D eigenvalue weighted by molar-refractivity contribution is 6.30. The van der Waals surface area contributed by atoms with Gasteiger partial charge in [0.15, 0.2) is 0 Å². The third-order valence-electron chi connectivity index (χ3n) is 2.73. The number of amides is 1. The lowest BCUT2D eigenvalue weighted by Gasteiger charge is -2.19. The van der Waals surface area contributed by atoms with Gasteiger partial charge in [-0.3, -0.25) is 4.79 Å². The maximum atomic E-state index is 11.5. The van der Waals surface area contributed by atoms with Crippen molar-refractivity contribution in [3.8, 4) is 0 Å². The van der Waals surface area contributed by atoms with E-state index in [1.54, 1.807) is 6.07 Å². The van der Waals surface area contributed by atoms with E-state index in [4.69, 9.17) is 17.3 Å². The number of carbonyl (C=O) groups is 1. The lowest BCUT2D eigenvalue weighted by molar-refractivity contribution is -0.120. The minimum atomic E-state index is -0.470. The van der Waals surface area contributed by atoms with Crippen LogP contribution in [-0.4, -0.2) is 38.0 Å². The molecule has 0 spiro atoms. The van der Waals surface area contributed by atoms with Crippen molar-refractivity contribution in [1.29, 1.82) is 0 Å². The molecule has 0 aromatic heterocycles. The normalized spacial score (nSPS) is 12.7. The third-order valence-corrected chi connectivity index (χ3v) is 2.97. The zero-order valence-electron chi connectivity index (χ0n) is 11.0. The van der Waals surface area contributed by atoms with Crippen LogP contribution >= 0.6 is 11.6 Å². The lowest BCUT2D eigenvalue weighted by atomic mass is 10.0. The number of benzene rings is 1. The molecule has 0 saturated heterocycles. The average Bonchev–Trinajstić information content (AvgIpc) is 2.25. The van der Waals surface area contributed by atoms with E-state index < -0.39 is 6.04 Å². The number of nitrogens with one attached hydrogen (secondary N) is 1. The van der Waals surface area contributed by atoms with Gasteiger partial charge < -0.3 is 16.0 Å². The Kier molecular flexibility index (Phi) is 5.59. The summed E-state index contributed by atoms with van der Waals surface area (Å²) in [5.41, 5.74) is 7.29. The minimum Gasteiger partial charge on any atom is -0.368 e. The number of rotatable bonds is 6. The topological polar surface area (TPSA) is 58.4 Å². The summed E-state index contributed by atoms with van der Waals surface area (Å²) >= 11 is 5.90. The summed E-state index contributed by atoms with van der Waals surface area (Å²) in [7, 11) is 3.96. The minimum absolute atomic E-state index is 0.376. The number of likely N-dealkylation sites (N-methyl/N-ethyl adjacent to an activating group) is 1. The Labute approximate surface area is 113 Å². The molecule has 100 valence electrons.